The third-order valence-electron chi connectivity index (χ3n) is 3.74. The lowest BCUT2D eigenvalue weighted by Gasteiger charge is -2.35. The summed E-state index contributed by atoms with van der Waals surface area (Å²) in [5.74, 6) is 0.903. The van der Waals surface area contributed by atoms with E-state index >= 15 is 0 Å². The number of aliphatic hydroxyl groups excluding tert-OH is 1. The maximum atomic E-state index is 9.70. The Labute approximate surface area is 109 Å². The van der Waals surface area contributed by atoms with Gasteiger partial charge in [-0.25, -0.2) is 0 Å². The van der Waals surface area contributed by atoms with E-state index in [1.807, 2.05) is 12.1 Å². The first-order valence-corrected chi connectivity index (χ1v) is 6.74. The van der Waals surface area contributed by atoms with Crippen molar-refractivity contribution in [3.63, 3.8) is 0 Å². The van der Waals surface area contributed by atoms with Crippen molar-refractivity contribution < 1.29 is 9.84 Å². The lowest BCUT2D eigenvalue weighted by molar-refractivity contribution is 0.0507. The molecule has 2 atom stereocenters. The summed E-state index contributed by atoms with van der Waals surface area (Å²) in [7, 11) is 1.69. The quantitative estimate of drug-likeness (QED) is 0.887. The SMILES string of the molecule is COc1ccc(C[C@H](C)N2CCC[C@H](O)C2)cc1. The zero-order chi connectivity index (χ0) is 13.0. The number of methoxy groups -OCH3 is 1. The Morgan fingerprint density at radius 3 is 2.72 bits per heavy atom. The molecule has 1 heterocycles. The maximum Gasteiger partial charge on any atom is 0.118 e. The molecule has 18 heavy (non-hydrogen) atoms. The summed E-state index contributed by atoms with van der Waals surface area (Å²) in [5, 5.41) is 9.70. The monoisotopic (exact) mass is 249 g/mol. The largest absolute Gasteiger partial charge is 0.497 e. The minimum Gasteiger partial charge on any atom is -0.497 e. The fourth-order valence-electron chi connectivity index (χ4n) is 2.62. The van der Waals surface area contributed by atoms with Crippen molar-refractivity contribution in [3.05, 3.63) is 29.8 Å². The van der Waals surface area contributed by atoms with Crippen molar-refractivity contribution in [1.82, 2.24) is 4.90 Å². The van der Waals surface area contributed by atoms with Crippen molar-refractivity contribution in [1.29, 1.82) is 0 Å². The van der Waals surface area contributed by atoms with Gasteiger partial charge in [0.15, 0.2) is 0 Å². The molecule has 0 saturated carbocycles. The minimum absolute atomic E-state index is 0.142. The minimum atomic E-state index is -0.142. The van der Waals surface area contributed by atoms with Crippen LogP contribution in [0.5, 0.6) is 5.75 Å². The van der Waals surface area contributed by atoms with Crippen LogP contribution >= 0.6 is 0 Å². The molecule has 1 saturated heterocycles. The maximum absolute atomic E-state index is 9.70. The molecule has 0 spiro atoms. The van der Waals surface area contributed by atoms with Gasteiger partial charge in [0.25, 0.3) is 0 Å². The first-order chi connectivity index (χ1) is 8.69. The van der Waals surface area contributed by atoms with E-state index in [-0.39, 0.29) is 6.10 Å². The third kappa shape index (κ3) is 3.47. The number of ether oxygens (including phenoxy) is 1. The molecule has 1 aromatic carbocycles. The van der Waals surface area contributed by atoms with E-state index in [2.05, 4.69) is 24.0 Å². The highest BCUT2D eigenvalue weighted by atomic mass is 16.5. The molecule has 100 valence electrons. The fraction of sp³-hybridized carbons (Fsp3) is 0.600. The number of hydrogen-bond acceptors (Lipinski definition) is 3. The van der Waals surface area contributed by atoms with Crippen molar-refractivity contribution in [2.45, 2.75) is 38.3 Å². The molecular formula is C15H23NO2. The Kier molecular flexibility index (Phi) is 4.61. The highest BCUT2D eigenvalue weighted by Gasteiger charge is 2.21. The van der Waals surface area contributed by atoms with Crippen LogP contribution in [-0.2, 0) is 6.42 Å². The van der Waals surface area contributed by atoms with E-state index in [0.29, 0.717) is 6.04 Å². The topological polar surface area (TPSA) is 32.7 Å². The summed E-state index contributed by atoms with van der Waals surface area (Å²) in [6.45, 7) is 4.16. The van der Waals surface area contributed by atoms with E-state index < -0.39 is 0 Å². The summed E-state index contributed by atoms with van der Waals surface area (Å²) in [5.41, 5.74) is 1.32. The fourth-order valence-corrected chi connectivity index (χ4v) is 2.62. The zero-order valence-corrected chi connectivity index (χ0v) is 11.3. The lowest BCUT2D eigenvalue weighted by atomic mass is 10.0. The Hall–Kier alpha value is -1.06. The second-order valence-electron chi connectivity index (χ2n) is 5.19. The Morgan fingerprint density at radius 2 is 2.11 bits per heavy atom. The molecule has 0 amide bonds. The van der Waals surface area contributed by atoms with E-state index in [0.717, 1.165) is 38.1 Å². The molecule has 0 aromatic heterocycles. The number of nitrogens with zero attached hydrogens (tertiary/aromatic N) is 1. The summed E-state index contributed by atoms with van der Waals surface area (Å²) >= 11 is 0. The van der Waals surface area contributed by atoms with Gasteiger partial charge in [-0.1, -0.05) is 12.1 Å². The molecule has 1 aromatic rings. The van der Waals surface area contributed by atoms with Crippen molar-refractivity contribution in [2.75, 3.05) is 20.2 Å². The number of benzene rings is 1. The van der Waals surface area contributed by atoms with Crippen LogP contribution < -0.4 is 4.74 Å². The number of β-amino-alcohol motifs (C(OH)–C–C–N with tert-alkyl or cyclic N) is 1. The van der Waals surface area contributed by atoms with Crippen LogP contribution in [0.2, 0.25) is 0 Å². The van der Waals surface area contributed by atoms with Gasteiger partial charge in [-0.2, -0.15) is 0 Å². The number of aliphatic hydroxyl groups is 1. The molecule has 1 aliphatic rings. The summed E-state index contributed by atoms with van der Waals surface area (Å²) in [6, 6.07) is 8.74. The highest BCUT2D eigenvalue weighted by molar-refractivity contribution is 5.27. The summed E-state index contributed by atoms with van der Waals surface area (Å²) in [4.78, 5) is 2.39. The average molecular weight is 249 g/mol. The summed E-state index contributed by atoms with van der Waals surface area (Å²) in [6.07, 6.45) is 2.94. The molecule has 1 N–H and O–H groups in total. The molecule has 2 rings (SSSR count). The second-order valence-corrected chi connectivity index (χ2v) is 5.19. The number of piperidine rings is 1. The normalized spacial score (nSPS) is 22.7. The first kappa shape index (κ1) is 13.4. The molecule has 0 unspecified atom stereocenters. The molecular weight excluding hydrogens is 226 g/mol. The van der Waals surface area contributed by atoms with Crippen LogP contribution in [0.4, 0.5) is 0 Å². The van der Waals surface area contributed by atoms with Crippen LogP contribution in [0.1, 0.15) is 25.3 Å². The van der Waals surface area contributed by atoms with Gasteiger partial charge in [-0.05, 0) is 50.4 Å². The average Bonchev–Trinajstić information content (AvgIpc) is 2.39. The van der Waals surface area contributed by atoms with Gasteiger partial charge in [-0.3, -0.25) is 4.90 Å². The van der Waals surface area contributed by atoms with Gasteiger partial charge in [-0.15, -0.1) is 0 Å². The molecule has 0 radical (unpaired) electrons. The molecule has 1 aliphatic heterocycles. The standard InChI is InChI=1S/C15H23NO2/c1-12(16-9-3-4-14(17)11-16)10-13-5-7-15(18-2)8-6-13/h5-8,12,14,17H,3-4,9-11H2,1-2H3/t12-,14-/m0/s1. The van der Waals surface area contributed by atoms with Crippen LogP contribution in [0.25, 0.3) is 0 Å². The molecule has 3 heteroatoms. The van der Waals surface area contributed by atoms with Crippen molar-refractivity contribution in [3.8, 4) is 5.75 Å². The van der Waals surface area contributed by atoms with Crippen LogP contribution in [0.15, 0.2) is 24.3 Å². The van der Waals surface area contributed by atoms with E-state index in [1.165, 1.54) is 5.56 Å². The van der Waals surface area contributed by atoms with Gasteiger partial charge in [0.1, 0.15) is 5.75 Å². The van der Waals surface area contributed by atoms with Crippen molar-refractivity contribution >= 4 is 0 Å². The van der Waals surface area contributed by atoms with E-state index in [1.54, 1.807) is 7.11 Å². The smallest absolute Gasteiger partial charge is 0.118 e. The molecule has 1 fully saturated rings. The second kappa shape index (κ2) is 6.21. The van der Waals surface area contributed by atoms with E-state index in [9.17, 15) is 5.11 Å². The van der Waals surface area contributed by atoms with Crippen LogP contribution in [0.3, 0.4) is 0 Å². The van der Waals surface area contributed by atoms with Crippen LogP contribution in [0, 0.1) is 0 Å². The molecule has 3 nitrogen and oxygen atoms in total. The number of likely N-dealkylation sites (tertiary alicyclic amines) is 1. The van der Waals surface area contributed by atoms with Gasteiger partial charge in [0.05, 0.1) is 13.2 Å². The van der Waals surface area contributed by atoms with Crippen LogP contribution in [-0.4, -0.2) is 42.4 Å². The predicted molar refractivity (Wildman–Crippen MR) is 73.0 cm³/mol. The van der Waals surface area contributed by atoms with Crippen molar-refractivity contribution in [2.24, 2.45) is 0 Å². The summed E-state index contributed by atoms with van der Waals surface area (Å²) < 4.78 is 5.16. The van der Waals surface area contributed by atoms with Gasteiger partial charge >= 0.3 is 0 Å². The highest BCUT2D eigenvalue weighted by Crippen LogP contribution is 2.17. The predicted octanol–water partition coefficient (Wildman–Crippen LogP) is 2.08. The zero-order valence-electron chi connectivity index (χ0n) is 11.3. The molecule has 0 aliphatic carbocycles. The third-order valence-corrected chi connectivity index (χ3v) is 3.74. The lowest BCUT2D eigenvalue weighted by Crippen LogP contribution is -2.44. The number of hydrogen-bond donors (Lipinski definition) is 1. The number of rotatable bonds is 4. The van der Waals surface area contributed by atoms with E-state index in [4.69, 9.17) is 4.74 Å². The first-order valence-electron chi connectivity index (χ1n) is 6.74. The van der Waals surface area contributed by atoms with Gasteiger partial charge in [0.2, 0.25) is 0 Å². The van der Waals surface area contributed by atoms with Gasteiger partial charge in [0, 0.05) is 12.6 Å². The van der Waals surface area contributed by atoms with Gasteiger partial charge < -0.3 is 9.84 Å². The Balaban J connectivity index is 1.91. The Bertz CT molecular complexity index is 363. The Morgan fingerprint density at radius 1 is 1.39 bits per heavy atom. The molecule has 0 bridgehead atoms.